The molecule has 0 saturated heterocycles. The summed E-state index contributed by atoms with van der Waals surface area (Å²) < 4.78 is 4.79. The van der Waals surface area contributed by atoms with Crippen molar-refractivity contribution in [1.82, 2.24) is 0 Å². The number of primary amides is 1. The average molecular weight is 209 g/mol. The van der Waals surface area contributed by atoms with Crippen LogP contribution in [0.2, 0.25) is 0 Å². The van der Waals surface area contributed by atoms with Gasteiger partial charge in [-0.15, -0.1) is 0 Å². The zero-order valence-corrected chi connectivity index (χ0v) is 7.43. The summed E-state index contributed by atoms with van der Waals surface area (Å²) >= 11 is 0. The van der Waals surface area contributed by atoms with Crippen LogP contribution in [-0.4, -0.2) is 11.1 Å². The van der Waals surface area contributed by atoms with Gasteiger partial charge in [-0.3, -0.25) is 4.79 Å². The monoisotopic (exact) mass is 209 g/mol. The van der Waals surface area contributed by atoms with Gasteiger partial charge in [-0.2, -0.15) is 10.5 Å². The van der Waals surface area contributed by atoms with Crippen LogP contribution in [0.15, 0.2) is 22.1 Å². The van der Waals surface area contributed by atoms with E-state index in [1.165, 1.54) is 12.1 Å². The topological polar surface area (TPSA) is 128 Å². The van der Waals surface area contributed by atoms with Gasteiger partial charge in [-0.25, -0.2) is 5.21 Å². The van der Waals surface area contributed by atoms with Crippen LogP contribution in [-0.2, 0) is 4.79 Å². The second-order valence-corrected chi connectivity index (χ2v) is 2.54. The van der Waals surface area contributed by atoms with E-state index in [4.69, 9.17) is 20.6 Å². The van der Waals surface area contributed by atoms with Crippen molar-refractivity contribution in [2.75, 3.05) is 0 Å². The second-order valence-electron chi connectivity index (χ2n) is 2.54. The molecule has 1 unspecified atom stereocenters. The van der Waals surface area contributed by atoms with Crippen LogP contribution >= 0.6 is 0 Å². The normalized spacial score (nSPS) is 13.3. The quantitative estimate of drug-likeness (QED) is 0.336. The highest BCUT2D eigenvalue weighted by atomic mass is 16.8. The Morgan fingerprint density at radius 2 is 2.40 bits per heavy atom. The van der Waals surface area contributed by atoms with Crippen molar-refractivity contribution < 1.29 is 19.6 Å². The van der Waals surface area contributed by atoms with Gasteiger partial charge in [0.25, 0.3) is 5.91 Å². The largest absolute Gasteiger partial charge is 0.592 e. The van der Waals surface area contributed by atoms with E-state index in [0.717, 1.165) is 6.08 Å². The molecule has 0 saturated carbocycles. The van der Waals surface area contributed by atoms with Gasteiger partial charge in [-0.1, -0.05) is 0 Å². The van der Waals surface area contributed by atoms with Gasteiger partial charge in [0.05, 0.1) is 0 Å². The lowest BCUT2D eigenvalue weighted by Crippen LogP contribution is -2.99. The summed E-state index contributed by atoms with van der Waals surface area (Å²) in [5.74, 6) is -1.09. The molecule has 1 aromatic rings. The molecule has 0 aliphatic carbocycles. The average Bonchev–Trinajstić information content (AvgIpc) is 2.61. The molecule has 0 aliphatic rings. The minimum Gasteiger partial charge on any atom is -0.592 e. The third-order valence-corrected chi connectivity index (χ3v) is 1.51. The Kier molecular flexibility index (Phi) is 3.20. The molecular weight excluding hydrogens is 202 g/mol. The number of hydrogen-bond donors (Lipinski definition) is 3. The van der Waals surface area contributed by atoms with Gasteiger partial charge in [0.2, 0.25) is 0 Å². The third-order valence-electron chi connectivity index (χ3n) is 1.51. The van der Waals surface area contributed by atoms with Crippen LogP contribution < -0.4 is 11.0 Å². The molecule has 4 N–H and O–H groups in total. The van der Waals surface area contributed by atoms with Crippen LogP contribution in [0.4, 0.5) is 5.88 Å². The van der Waals surface area contributed by atoms with Gasteiger partial charge in [0.1, 0.15) is 17.4 Å². The lowest BCUT2D eigenvalue weighted by molar-refractivity contribution is -0.997. The zero-order chi connectivity index (χ0) is 11.4. The van der Waals surface area contributed by atoms with Crippen LogP contribution in [0.1, 0.15) is 5.76 Å². The van der Waals surface area contributed by atoms with E-state index in [-0.39, 0.29) is 17.2 Å². The van der Waals surface area contributed by atoms with Crippen LogP contribution in [0, 0.1) is 16.5 Å². The Hall–Kier alpha value is -2.14. The molecule has 0 bridgehead atoms. The van der Waals surface area contributed by atoms with Gasteiger partial charge in [0.15, 0.2) is 0 Å². The second kappa shape index (κ2) is 4.39. The molecular formula is C8H7N3O4. The smallest absolute Gasteiger partial charge is 0.328 e. The van der Waals surface area contributed by atoms with Crippen molar-refractivity contribution in [2.45, 2.75) is 0 Å². The number of rotatable bonds is 3. The lowest BCUT2D eigenvalue weighted by Gasteiger charge is -2.05. The van der Waals surface area contributed by atoms with Crippen LogP contribution in [0.3, 0.4) is 0 Å². The molecule has 7 nitrogen and oxygen atoms in total. The number of carbonyl (C=O) groups is 1. The van der Waals surface area contributed by atoms with E-state index in [2.05, 4.69) is 0 Å². The Labute approximate surface area is 84.1 Å². The summed E-state index contributed by atoms with van der Waals surface area (Å²) in [6, 6.07) is 4.10. The van der Waals surface area contributed by atoms with Crippen molar-refractivity contribution in [1.29, 1.82) is 5.26 Å². The standard InChI is InChI=1S/C8H7N3O4/c9-4-5(8(10)12)3-6-1-2-7(15-6)11(13)14/h1-3,11,13H,(H2,10,12). The number of nitriles is 1. The maximum Gasteiger partial charge on any atom is 0.328 e. The molecule has 0 aromatic carbocycles. The van der Waals surface area contributed by atoms with E-state index in [9.17, 15) is 10.0 Å². The molecule has 1 atom stereocenters. The van der Waals surface area contributed by atoms with Crippen molar-refractivity contribution in [3.8, 4) is 6.07 Å². The fourth-order valence-electron chi connectivity index (χ4n) is 0.846. The highest BCUT2D eigenvalue weighted by Crippen LogP contribution is 2.12. The Bertz CT molecular complexity index is 441. The Balaban J connectivity index is 2.98. The van der Waals surface area contributed by atoms with Gasteiger partial charge in [0, 0.05) is 12.1 Å². The number of hydrogen-bond acceptors (Lipinski definition) is 5. The lowest BCUT2D eigenvalue weighted by atomic mass is 10.2. The molecule has 1 amide bonds. The molecule has 1 rings (SSSR count). The maximum absolute atomic E-state index is 10.6. The molecule has 1 aromatic heterocycles. The highest BCUT2D eigenvalue weighted by Gasteiger charge is 2.09. The Morgan fingerprint density at radius 3 is 2.80 bits per heavy atom. The van der Waals surface area contributed by atoms with Crippen molar-refractivity contribution in [3.63, 3.8) is 0 Å². The summed E-state index contributed by atoms with van der Waals surface area (Å²) in [4.78, 5) is 10.6. The molecule has 7 heteroatoms. The summed E-state index contributed by atoms with van der Waals surface area (Å²) in [7, 11) is 0. The van der Waals surface area contributed by atoms with E-state index in [1.54, 1.807) is 6.07 Å². The van der Waals surface area contributed by atoms with Crippen LogP contribution in [0.25, 0.3) is 6.08 Å². The number of nitrogens with one attached hydrogen (secondary N) is 1. The number of nitrogens with zero attached hydrogens (tertiary/aromatic N) is 1. The van der Waals surface area contributed by atoms with Crippen molar-refractivity contribution in [3.05, 3.63) is 28.7 Å². The fraction of sp³-hybridized carbons (Fsp3) is 0. The molecule has 15 heavy (non-hydrogen) atoms. The minimum absolute atomic E-state index is 0.0859. The number of quaternary nitrogens is 1. The first kappa shape index (κ1) is 10.9. The molecule has 0 radical (unpaired) electrons. The summed E-state index contributed by atoms with van der Waals surface area (Å²) in [5, 5.41) is 26.2. The third kappa shape index (κ3) is 2.65. The minimum atomic E-state index is -1.23. The van der Waals surface area contributed by atoms with Gasteiger partial charge < -0.3 is 15.4 Å². The summed E-state index contributed by atoms with van der Waals surface area (Å²) in [6.45, 7) is 0. The number of furan rings is 1. The molecule has 0 fully saturated rings. The fourth-order valence-corrected chi connectivity index (χ4v) is 0.846. The Morgan fingerprint density at radius 1 is 1.73 bits per heavy atom. The van der Waals surface area contributed by atoms with E-state index >= 15 is 0 Å². The SMILES string of the molecule is N#CC(=Cc1ccc([NH+]([O-])O)o1)C(N)=O. The molecule has 0 spiro atoms. The van der Waals surface area contributed by atoms with E-state index in [0.29, 0.717) is 0 Å². The highest BCUT2D eigenvalue weighted by molar-refractivity contribution is 6.00. The summed E-state index contributed by atoms with van der Waals surface area (Å²) in [5.41, 5.74) is 4.57. The van der Waals surface area contributed by atoms with E-state index in [1.807, 2.05) is 0 Å². The van der Waals surface area contributed by atoms with Gasteiger partial charge >= 0.3 is 5.88 Å². The van der Waals surface area contributed by atoms with Crippen LogP contribution in [0.5, 0.6) is 0 Å². The first-order chi connectivity index (χ1) is 7.04. The number of carbonyl (C=O) groups excluding carboxylic acids is 1. The number of nitrogens with two attached hydrogens (primary N) is 1. The predicted octanol–water partition coefficient (Wildman–Crippen LogP) is -0.925. The molecule has 78 valence electrons. The van der Waals surface area contributed by atoms with Crippen molar-refractivity contribution in [2.24, 2.45) is 5.73 Å². The van der Waals surface area contributed by atoms with E-state index < -0.39 is 11.1 Å². The summed E-state index contributed by atoms with van der Waals surface area (Å²) in [6.07, 6.45) is 1.08. The molecule has 0 aliphatic heterocycles. The number of amides is 1. The zero-order valence-electron chi connectivity index (χ0n) is 7.43. The first-order valence-electron chi connectivity index (χ1n) is 3.79. The predicted molar refractivity (Wildman–Crippen MR) is 47.3 cm³/mol. The molecule has 1 heterocycles. The first-order valence-corrected chi connectivity index (χ1v) is 3.79. The maximum atomic E-state index is 10.6. The van der Waals surface area contributed by atoms with Gasteiger partial charge in [-0.05, 0) is 6.07 Å². The van der Waals surface area contributed by atoms with Crippen molar-refractivity contribution >= 4 is 17.9 Å².